The molecule has 6 heteroatoms. The highest BCUT2D eigenvalue weighted by Gasteiger charge is 2.48. The van der Waals surface area contributed by atoms with Crippen LogP contribution >= 0.6 is 0 Å². The number of aromatic nitrogens is 2. The molecule has 1 aliphatic rings. The maximum atomic E-state index is 11.6. The zero-order valence-corrected chi connectivity index (χ0v) is 12.0. The molecule has 0 bridgehead atoms. The van der Waals surface area contributed by atoms with Crippen molar-refractivity contribution in [2.75, 3.05) is 7.05 Å². The Morgan fingerprint density at radius 1 is 1.43 bits per heavy atom. The lowest BCUT2D eigenvalue weighted by Crippen LogP contribution is -2.40. The van der Waals surface area contributed by atoms with E-state index < -0.39 is 5.97 Å². The third-order valence-electron chi connectivity index (χ3n) is 4.34. The van der Waals surface area contributed by atoms with Crippen molar-refractivity contribution in [3.8, 4) is 0 Å². The van der Waals surface area contributed by atoms with Crippen LogP contribution in [0.5, 0.6) is 0 Å². The predicted octanol–water partition coefficient (Wildman–Crippen LogP) is 1.75. The largest absolute Gasteiger partial charge is 0.478 e. The lowest BCUT2D eigenvalue weighted by molar-refractivity contribution is -0.130. The number of hydrogen-bond acceptors (Lipinski definition) is 3. The van der Waals surface area contributed by atoms with Crippen LogP contribution in [0.15, 0.2) is 24.5 Å². The van der Waals surface area contributed by atoms with E-state index in [1.165, 1.54) is 0 Å². The van der Waals surface area contributed by atoms with Crippen molar-refractivity contribution in [3.05, 3.63) is 30.1 Å². The molecule has 1 heterocycles. The number of fused-ring (bicyclic) bond motifs is 1. The van der Waals surface area contributed by atoms with Crippen LogP contribution in [-0.4, -0.2) is 44.0 Å². The molecule has 0 spiro atoms. The summed E-state index contributed by atoms with van der Waals surface area (Å²) in [5.74, 6) is -0.908. The van der Waals surface area contributed by atoms with Crippen LogP contribution in [0.2, 0.25) is 0 Å². The molecule has 0 atom stereocenters. The number of hydrogen-bond donors (Lipinski definition) is 1. The van der Waals surface area contributed by atoms with Crippen molar-refractivity contribution in [1.82, 2.24) is 14.5 Å². The molecule has 1 aromatic carbocycles. The van der Waals surface area contributed by atoms with Crippen molar-refractivity contribution in [2.24, 2.45) is 0 Å². The summed E-state index contributed by atoms with van der Waals surface area (Å²) < 4.78 is 1.94. The lowest BCUT2D eigenvalue weighted by Gasteiger charge is -2.27. The summed E-state index contributed by atoms with van der Waals surface area (Å²) in [5.41, 5.74) is 1.65. The van der Waals surface area contributed by atoms with Crippen LogP contribution in [0, 0.1) is 0 Å². The number of carboxylic acid groups (broad SMARTS) is 1. The Balaban J connectivity index is 1.96. The lowest BCUT2D eigenvalue weighted by atomic mass is 10.2. The van der Waals surface area contributed by atoms with Crippen molar-refractivity contribution in [3.63, 3.8) is 0 Å². The minimum absolute atomic E-state index is 0.0446. The minimum atomic E-state index is -0.952. The van der Waals surface area contributed by atoms with Gasteiger partial charge in [-0.05, 0) is 31.0 Å². The summed E-state index contributed by atoms with van der Waals surface area (Å²) in [6.07, 6.45) is 3.63. The minimum Gasteiger partial charge on any atom is -0.478 e. The summed E-state index contributed by atoms with van der Waals surface area (Å²) in [4.78, 5) is 28.8. The van der Waals surface area contributed by atoms with Gasteiger partial charge in [0.2, 0.25) is 5.91 Å². The molecule has 0 unspecified atom stereocenters. The van der Waals surface area contributed by atoms with Crippen LogP contribution in [-0.2, 0) is 11.3 Å². The average Bonchev–Trinajstić information content (AvgIpc) is 3.12. The SMILES string of the molecule is CC(=O)N(C)C1(Cn2cnc3ccc(C(=O)O)cc32)CC1. The number of aromatic carboxylic acids is 1. The number of nitrogens with zero attached hydrogens (tertiary/aromatic N) is 3. The van der Waals surface area contributed by atoms with Gasteiger partial charge in [-0.25, -0.2) is 9.78 Å². The molecule has 0 aliphatic heterocycles. The molecule has 0 saturated heterocycles. The highest BCUT2D eigenvalue weighted by Crippen LogP contribution is 2.43. The van der Waals surface area contributed by atoms with Gasteiger partial charge in [0.1, 0.15) is 0 Å². The van der Waals surface area contributed by atoms with Crippen LogP contribution in [0.25, 0.3) is 11.0 Å². The summed E-state index contributed by atoms with van der Waals surface area (Å²) in [6.45, 7) is 2.21. The summed E-state index contributed by atoms with van der Waals surface area (Å²) in [7, 11) is 1.82. The van der Waals surface area contributed by atoms with Crippen molar-refractivity contribution in [2.45, 2.75) is 31.8 Å². The molecule has 110 valence electrons. The number of rotatable bonds is 4. The van der Waals surface area contributed by atoms with Gasteiger partial charge in [-0.3, -0.25) is 4.79 Å². The molecule has 6 nitrogen and oxygen atoms in total. The molecule has 1 aromatic heterocycles. The predicted molar refractivity (Wildman–Crippen MR) is 77.1 cm³/mol. The number of amides is 1. The molecule has 3 rings (SSSR count). The smallest absolute Gasteiger partial charge is 0.335 e. The molecule has 0 radical (unpaired) electrons. The maximum absolute atomic E-state index is 11.6. The first-order valence-corrected chi connectivity index (χ1v) is 6.85. The number of carboxylic acids is 1. The van der Waals surface area contributed by atoms with Crippen LogP contribution in [0.3, 0.4) is 0 Å². The van der Waals surface area contributed by atoms with E-state index in [4.69, 9.17) is 5.11 Å². The molecule has 1 fully saturated rings. The molecular weight excluding hydrogens is 270 g/mol. The highest BCUT2D eigenvalue weighted by molar-refractivity contribution is 5.92. The fourth-order valence-corrected chi connectivity index (χ4v) is 2.71. The fraction of sp³-hybridized carbons (Fsp3) is 0.400. The molecule has 21 heavy (non-hydrogen) atoms. The molecule has 1 saturated carbocycles. The zero-order valence-electron chi connectivity index (χ0n) is 12.0. The van der Waals surface area contributed by atoms with Crippen LogP contribution in [0.1, 0.15) is 30.1 Å². The normalized spacial score (nSPS) is 15.9. The first-order chi connectivity index (χ1) is 9.93. The molecule has 1 N–H and O–H groups in total. The second kappa shape index (κ2) is 4.58. The second-order valence-corrected chi connectivity index (χ2v) is 5.68. The van der Waals surface area contributed by atoms with Crippen molar-refractivity contribution in [1.29, 1.82) is 0 Å². The molecule has 1 amide bonds. The summed E-state index contributed by atoms with van der Waals surface area (Å²) in [5, 5.41) is 9.10. The van der Waals surface area contributed by atoms with E-state index in [0.717, 1.165) is 23.9 Å². The van der Waals surface area contributed by atoms with E-state index in [0.29, 0.717) is 6.54 Å². The molecule has 1 aliphatic carbocycles. The first-order valence-electron chi connectivity index (χ1n) is 6.85. The van der Waals surface area contributed by atoms with E-state index in [1.54, 1.807) is 36.4 Å². The van der Waals surface area contributed by atoms with Gasteiger partial charge >= 0.3 is 5.97 Å². The third-order valence-corrected chi connectivity index (χ3v) is 4.34. The Bertz CT molecular complexity index is 731. The van der Waals surface area contributed by atoms with E-state index in [-0.39, 0.29) is 17.0 Å². The maximum Gasteiger partial charge on any atom is 0.335 e. The molecule has 2 aromatic rings. The van der Waals surface area contributed by atoms with E-state index in [2.05, 4.69) is 4.98 Å². The van der Waals surface area contributed by atoms with Gasteiger partial charge in [0.15, 0.2) is 0 Å². The monoisotopic (exact) mass is 287 g/mol. The van der Waals surface area contributed by atoms with E-state index in [1.807, 2.05) is 11.6 Å². The zero-order chi connectivity index (χ0) is 15.2. The Labute approximate surface area is 122 Å². The first kappa shape index (κ1) is 13.6. The Hall–Kier alpha value is -2.37. The average molecular weight is 287 g/mol. The molecular formula is C15H17N3O3. The standard InChI is InChI=1S/C15H17N3O3/c1-10(19)17(2)15(5-6-15)8-18-9-16-12-4-3-11(14(20)21)7-13(12)18/h3-4,7,9H,5-6,8H2,1-2H3,(H,20,21). The number of carbonyl (C=O) groups is 2. The van der Waals surface area contributed by atoms with E-state index in [9.17, 15) is 9.59 Å². The van der Waals surface area contributed by atoms with Gasteiger partial charge < -0.3 is 14.6 Å². The third kappa shape index (κ3) is 2.26. The number of carbonyl (C=O) groups excluding carboxylic acids is 1. The van der Waals surface area contributed by atoms with Crippen LogP contribution < -0.4 is 0 Å². The van der Waals surface area contributed by atoms with Gasteiger partial charge in [-0.2, -0.15) is 0 Å². The number of imidazole rings is 1. The highest BCUT2D eigenvalue weighted by atomic mass is 16.4. The number of likely N-dealkylation sites (N-methyl/N-ethyl adjacent to an activating group) is 1. The van der Waals surface area contributed by atoms with E-state index >= 15 is 0 Å². The van der Waals surface area contributed by atoms with Gasteiger partial charge in [0.05, 0.1) is 28.5 Å². The topological polar surface area (TPSA) is 75.4 Å². The summed E-state index contributed by atoms with van der Waals surface area (Å²) in [6, 6.07) is 4.90. The van der Waals surface area contributed by atoms with Gasteiger partial charge in [-0.15, -0.1) is 0 Å². The van der Waals surface area contributed by atoms with Crippen LogP contribution in [0.4, 0.5) is 0 Å². The Morgan fingerprint density at radius 2 is 2.14 bits per heavy atom. The Morgan fingerprint density at radius 3 is 2.71 bits per heavy atom. The van der Waals surface area contributed by atoms with Gasteiger partial charge in [0.25, 0.3) is 0 Å². The Kier molecular flexibility index (Phi) is 2.97. The van der Waals surface area contributed by atoms with Crippen molar-refractivity contribution < 1.29 is 14.7 Å². The quantitative estimate of drug-likeness (QED) is 0.929. The van der Waals surface area contributed by atoms with Gasteiger partial charge in [-0.1, -0.05) is 0 Å². The fourth-order valence-electron chi connectivity index (χ4n) is 2.71. The van der Waals surface area contributed by atoms with Gasteiger partial charge in [0, 0.05) is 20.5 Å². The summed E-state index contributed by atoms with van der Waals surface area (Å²) >= 11 is 0. The van der Waals surface area contributed by atoms with Crippen molar-refractivity contribution >= 4 is 22.9 Å². The number of benzene rings is 1. The second-order valence-electron chi connectivity index (χ2n) is 5.68.